The van der Waals surface area contributed by atoms with Crippen LogP contribution in [-0.2, 0) is 11.3 Å². The van der Waals surface area contributed by atoms with Crippen molar-refractivity contribution in [2.75, 3.05) is 5.73 Å². The molecule has 0 spiro atoms. The number of anilines is 1. The summed E-state index contributed by atoms with van der Waals surface area (Å²) in [4.78, 5) is 25.4. The average Bonchev–Trinajstić information content (AvgIpc) is 2.92. The molecule has 0 heterocycles. The van der Waals surface area contributed by atoms with E-state index < -0.39 is 11.7 Å². The molecular weight excluding hydrogens is 520 g/mol. The first-order chi connectivity index (χ1) is 19.6. The third kappa shape index (κ3) is 9.17. The van der Waals surface area contributed by atoms with Crippen LogP contribution in [0.3, 0.4) is 0 Å². The Bertz CT molecular complexity index is 1400. The average molecular weight is 557 g/mol. The van der Waals surface area contributed by atoms with Gasteiger partial charge in [-0.05, 0) is 101 Å². The molecule has 9 nitrogen and oxygen atoms in total. The predicted octanol–water partition coefficient (Wildman–Crippen LogP) is 6.08. The Labute approximate surface area is 240 Å². The Kier molecular flexibility index (Phi) is 9.35. The number of hydrogen-bond donors (Lipinski definition) is 3. The number of nitrogens with zero attached hydrogens (tertiary/aromatic N) is 1. The third-order valence-electron chi connectivity index (χ3n) is 6.50. The molecule has 3 aromatic carbocycles. The standard InChI is InChI=1S/C32H36N4O5/c1-32(2,3)41-31(38)36-26-11-9-25(10-12-26)35-30(37)23-16-28(39-20-22-5-4-6-24(34)15-22)18-29(17-23)40-27-13-7-21(19-33)8-14-27/h4-8,13-18,25-26H,9-12,20,34H2,1-3H3,(H,35,37)(H,36,38). The first kappa shape index (κ1) is 29.3. The molecule has 0 unspecified atom stereocenters. The molecule has 2 amide bonds. The van der Waals surface area contributed by atoms with Gasteiger partial charge in [0.2, 0.25) is 0 Å². The van der Waals surface area contributed by atoms with Crippen LogP contribution in [0.2, 0.25) is 0 Å². The summed E-state index contributed by atoms with van der Waals surface area (Å²) >= 11 is 0. The van der Waals surface area contributed by atoms with Gasteiger partial charge in [-0.1, -0.05) is 12.1 Å². The molecule has 41 heavy (non-hydrogen) atoms. The number of nitrogens with one attached hydrogen (secondary N) is 2. The number of carbonyl (C=O) groups excluding carboxylic acids is 2. The Balaban J connectivity index is 1.43. The van der Waals surface area contributed by atoms with Gasteiger partial charge in [0.05, 0.1) is 11.6 Å². The molecule has 214 valence electrons. The molecule has 4 rings (SSSR count). The number of nitrogens with two attached hydrogens (primary N) is 1. The highest BCUT2D eigenvalue weighted by Crippen LogP contribution is 2.29. The zero-order valence-corrected chi connectivity index (χ0v) is 23.6. The molecule has 1 fully saturated rings. The maximum Gasteiger partial charge on any atom is 0.407 e. The van der Waals surface area contributed by atoms with Gasteiger partial charge in [-0.15, -0.1) is 0 Å². The second-order valence-corrected chi connectivity index (χ2v) is 11.1. The van der Waals surface area contributed by atoms with Crippen molar-refractivity contribution >= 4 is 17.7 Å². The van der Waals surface area contributed by atoms with E-state index in [0.717, 1.165) is 31.2 Å². The number of ether oxygens (including phenoxy) is 3. The van der Waals surface area contributed by atoms with Crippen LogP contribution in [0, 0.1) is 11.3 Å². The van der Waals surface area contributed by atoms with Crippen molar-refractivity contribution < 1.29 is 23.8 Å². The van der Waals surface area contributed by atoms with E-state index in [1.165, 1.54) is 0 Å². The maximum atomic E-state index is 13.3. The minimum atomic E-state index is -0.551. The fourth-order valence-corrected chi connectivity index (χ4v) is 4.55. The van der Waals surface area contributed by atoms with Gasteiger partial charge in [0, 0.05) is 29.4 Å². The molecular formula is C32H36N4O5. The van der Waals surface area contributed by atoms with Crippen LogP contribution < -0.4 is 25.8 Å². The summed E-state index contributed by atoms with van der Waals surface area (Å²) in [5.74, 6) is 1.18. The lowest BCUT2D eigenvalue weighted by atomic mass is 9.91. The van der Waals surface area contributed by atoms with Crippen LogP contribution in [0.1, 0.15) is 67.9 Å². The molecule has 9 heteroatoms. The van der Waals surface area contributed by atoms with Gasteiger partial charge in [-0.3, -0.25) is 4.79 Å². The van der Waals surface area contributed by atoms with E-state index in [-0.39, 0.29) is 24.6 Å². The predicted molar refractivity (Wildman–Crippen MR) is 156 cm³/mol. The number of nitrogen functional groups attached to an aromatic ring is 1. The highest BCUT2D eigenvalue weighted by atomic mass is 16.6. The Morgan fingerprint density at radius 1 is 0.902 bits per heavy atom. The molecule has 1 aliphatic rings. The molecule has 0 aromatic heterocycles. The molecule has 0 bridgehead atoms. The van der Waals surface area contributed by atoms with Crippen molar-refractivity contribution in [2.24, 2.45) is 0 Å². The summed E-state index contributed by atoms with van der Waals surface area (Å²) in [6.07, 6.45) is 2.51. The van der Waals surface area contributed by atoms with Gasteiger partial charge in [-0.2, -0.15) is 5.26 Å². The second-order valence-electron chi connectivity index (χ2n) is 11.1. The van der Waals surface area contributed by atoms with Gasteiger partial charge in [0.1, 0.15) is 29.5 Å². The first-order valence-corrected chi connectivity index (χ1v) is 13.7. The number of hydrogen-bond acceptors (Lipinski definition) is 7. The van der Waals surface area contributed by atoms with E-state index in [1.54, 1.807) is 48.5 Å². The van der Waals surface area contributed by atoms with Gasteiger partial charge in [0.25, 0.3) is 5.91 Å². The number of benzene rings is 3. The molecule has 0 aliphatic heterocycles. The first-order valence-electron chi connectivity index (χ1n) is 13.7. The maximum absolute atomic E-state index is 13.3. The zero-order valence-electron chi connectivity index (χ0n) is 23.6. The molecule has 0 atom stereocenters. The second kappa shape index (κ2) is 13.1. The van der Waals surface area contributed by atoms with E-state index in [2.05, 4.69) is 16.7 Å². The summed E-state index contributed by atoms with van der Waals surface area (Å²) in [6.45, 7) is 5.76. The molecule has 1 aliphatic carbocycles. The van der Waals surface area contributed by atoms with Gasteiger partial charge < -0.3 is 30.6 Å². The van der Waals surface area contributed by atoms with E-state index in [1.807, 2.05) is 39.0 Å². The lowest BCUT2D eigenvalue weighted by molar-refractivity contribution is 0.0488. The number of alkyl carbamates (subject to hydrolysis) is 1. The minimum absolute atomic E-state index is 0.00850. The highest BCUT2D eigenvalue weighted by Gasteiger charge is 2.26. The Morgan fingerprint density at radius 3 is 2.20 bits per heavy atom. The van der Waals surface area contributed by atoms with Crippen LogP contribution in [-0.4, -0.2) is 29.7 Å². The van der Waals surface area contributed by atoms with E-state index in [4.69, 9.17) is 25.2 Å². The summed E-state index contributed by atoms with van der Waals surface area (Å²) in [7, 11) is 0. The highest BCUT2D eigenvalue weighted by molar-refractivity contribution is 5.95. The third-order valence-corrected chi connectivity index (χ3v) is 6.50. The van der Waals surface area contributed by atoms with Crippen LogP contribution in [0.25, 0.3) is 0 Å². The summed E-state index contributed by atoms with van der Waals surface area (Å²) < 4.78 is 17.4. The van der Waals surface area contributed by atoms with Crippen molar-refractivity contribution in [3.63, 3.8) is 0 Å². The fourth-order valence-electron chi connectivity index (χ4n) is 4.55. The lowest BCUT2D eigenvalue weighted by Gasteiger charge is -2.30. The Hall–Kier alpha value is -4.71. The number of amides is 2. The topological polar surface area (TPSA) is 136 Å². The number of rotatable bonds is 8. The van der Waals surface area contributed by atoms with Crippen molar-refractivity contribution in [3.8, 4) is 23.3 Å². The van der Waals surface area contributed by atoms with E-state index in [9.17, 15) is 9.59 Å². The van der Waals surface area contributed by atoms with Crippen molar-refractivity contribution in [3.05, 3.63) is 83.4 Å². The van der Waals surface area contributed by atoms with Crippen LogP contribution in [0.5, 0.6) is 17.2 Å². The summed E-state index contributed by atoms with van der Waals surface area (Å²) in [5, 5.41) is 15.1. The number of carbonyl (C=O) groups is 2. The van der Waals surface area contributed by atoms with E-state index >= 15 is 0 Å². The Morgan fingerprint density at radius 2 is 1.56 bits per heavy atom. The van der Waals surface area contributed by atoms with Crippen molar-refractivity contribution in [2.45, 2.75) is 70.7 Å². The van der Waals surface area contributed by atoms with Crippen LogP contribution >= 0.6 is 0 Å². The van der Waals surface area contributed by atoms with Gasteiger partial charge in [0.15, 0.2) is 0 Å². The summed E-state index contributed by atoms with van der Waals surface area (Å²) in [5.41, 5.74) is 7.79. The molecule has 4 N–H and O–H groups in total. The number of nitriles is 1. The molecule has 1 saturated carbocycles. The fraction of sp³-hybridized carbons (Fsp3) is 0.344. The lowest BCUT2D eigenvalue weighted by Crippen LogP contribution is -2.45. The molecule has 0 saturated heterocycles. The van der Waals surface area contributed by atoms with Gasteiger partial charge in [-0.25, -0.2) is 4.79 Å². The minimum Gasteiger partial charge on any atom is -0.489 e. The smallest absolute Gasteiger partial charge is 0.407 e. The van der Waals surface area contributed by atoms with Gasteiger partial charge >= 0.3 is 6.09 Å². The van der Waals surface area contributed by atoms with Crippen LogP contribution in [0.4, 0.5) is 10.5 Å². The molecule has 3 aromatic rings. The van der Waals surface area contributed by atoms with Crippen molar-refractivity contribution in [1.82, 2.24) is 10.6 Å². The summed E-state index contributed by atoms with van der Waals surface area (Å²) in [6, 6.07) is 21.3. The largest absolute Gasteiger partial charge is 0.489 e. The normalized spacial score (nSPS) is 16.6. The monoisotopic (exact) mass is 556 g/mol. The van der Waals surface area contributed by atoms with Crippen molar-refractivity contribution in [1.29, 1.82) is 5.26 Å². The zero-order chi connectivity index (χ0) is 29.4. The quantitative estimate of drug-likeness (QED) is 0.286. The molecule has 0 radical (unpaired) electrons. The SMILES string of the molecule is CC(C)(C)OC(=O)NC1CCC(NC(=O)c2cc(OCc3cccc(N)c3)cc(Oc3ccc(C#N)cc3)c2)CC1. The van der Waals surface area contributed by atoms with E-state index in [0.29, 0.717) is 34.1 Å². The van der Waals surface area contributed by atoms with Crippen LogP contribution in [0.15, 0.2) is 66.7 Å².